The Kier molecular flexibility index (Phi) is 34.9. The summed E-state index contributed by atoms with van der Waals surface area (Å²) >= 11 is 0. The van der Waals surface area contributed by atoms with Gasteiger partial charge < -0.3 is 24.6 Å². The van der Waals surface area contributed by atoms with E-state index < -0.39 is 51.8 Å². The van der Waals surface area contributed by atoms with Crippen molar-refractivity contribution in [2.24, 2.45) is 0 Å². The van der Waals surface area contributed by atoms with Crippen molar-refractivity contribution in [1.82, 2.24) is 0 Å². The third-order valence-corrected chi connectivity index (χ3v) is 8.56. The first kappa shape index (κ1) is 49.4. The quantitative estimate of drug-likeness (QED) is 0.0247. The molecule has 11 heteroatoms. The van der Waals surface area contributed by atoms with Crippen LogP contribution in [0.2, 0.25) is 0 Å². The van der Waals surface area contributed by atoms with E-state index in [0.29, 0.717) is 12.8 Å². The summed E-state index contributed by atoms with van der Waals surface area (Å²) < 4.78 is 32.5. The van der Waals surface area contributed by atoms with Gasteiger partial charge in [-0.25, -0.2) is 4.57 Å². The Morgan fingerprint density at radius 2 is 1.10 bits per heavy atom. The Labute approximate surface area is 314 Å². The van der Waals surface area contributed by atoms with Crippen molar-refractivity contribution < 1.29 is 47.8 Å². The van der Waals surface area contributed by atoms with E-state index in [1.165, 1.54) is 32.1 Å². The molecule has 0 saturated carbocycles. The molecule has 0 aromatic carbocycles. The molecule has 0 amide bonds. The third-order valence-electron chi connectivity index (χ3n) is 7.61. The SMILES string of the molecule is CC/C=C\C/C=C\C/C=C\C/C=C\CCC(=O)OC(COC(=O)CCCCCCC/C=C\C/C=C\CCCCCC)COP(=O)(O)OCC(O)CO. The molecule has 0 rings (SSSR count). The number of allylic oxidation sites excluding steroid dienone is 12. The van der Waals surface area contributed by atoms with Gasteiger partial charge in [0.15, 0.2) is 6.10 Å². The Balaban J connectivity index is 4.49. The monoisotopic (exact) mass is 752 g/mol. The smallest absolute Gasteiger partial charge is 0.462 e. The molecule has 3 N–H and O–H groups in total. The third kappa shape index (κ3) is 35.8. The van der Waals surface area contributed by atoms with E-state index in [4.69, 9.17) is 19.1 Å². The average Bonchev–Trinajstić information content (AvgIpc) is 3.13. The van der Waals surface area contributed by atoms with Crippen molar-refractivity contribution in [1.29, 1.82) is 0 Å². The molecule has 0 aromatic heterocycles. The normalized spacial score (nSPS) is 14.8. The van der Waals surface area contributed by atoms with Gasteiger partial charge in [0.25, 0.3) is 0 Å². The number of rotatable bonds is 35. The van der Waals surface area contributed by atoms with Crippen LogP contribution in [0.4, 0.5) is 0 Å². The minimum absolute atomic E-state index is 0.0562. The molecule has 0 heterocycles. The highest BCUT2D eigenvalue weighted by Gasteiger charge is 2.27. The summed E-state index contributed by atoms with van der Waals surface area (Å²) in [6.07, 6.45) is 40.3. The summed E-state index contributed by atoms with van der Waals surface area (Å²) in [5, 5.41) is 18.3. The molecule has 0 bridgehead atoms. The molecule has 0 aliphatic rings. The number of hydrogen-bond acceptors (Lipinski definition) is 9. The molecule has 10 nitrogen and oxygen atoms in total. The van der Waals surface area contributed by atoms with E-state index in [2.05, 4.69) is 73.1 Å². The molecule has 0 spiro atoms. The second-order valence-electron chi connectivity index (χ2n) is 12.6. The number of aliphatic hydroxyl groups excluding tert-OH is 2. The number of esters is 2. The molecule has 0 aliphatic carbocycles. The highest BCUT2D eigenvalue weighted by Crippen LogP contribution is 2.43. The maximum absolute atomic E-state index is 12.5. The number of carbonyl (C=O) groups excluding carboxylic acids is 2. The number of carbonyl (C=O) groups is 2. The van der Waals surface area contributed by atoms with Crippen LogP contribution in [-0.2, 0) is 32.7 Å². The zero-order valence-electron chi connectivity index (χ0n) is 32.0. The van der Waals surface area contributed by atoms with Crippen LogP contribution >= 0.6 is 7.82 Å². The van der Waals surface area contributed by atoms with Gasteiger partial charge in [-0.1, -0.05) is 125 Å². The number of phosphoric ester groups is 1. The van der Waals surface area contributed by atoms with Crippen molar-refractivity contribution in [2.45, 2.75) is 148 Å². The van der Waals surface area contributed by atoms with Crippen LogP contribution in [0.3, 0.4) is 0 Å². The molecule has 52 heavy (non-hydrogen) atoms. The van der Waals surface area contributed by atoms with Gasteiger partial charge in [0.05, 0.1) is 19.8 Å². The van der Waals surface area contributed by atoms with Gasteiger partial charge in [-0.3, -0.25) is 18.6 Å². The summed E-state index contributed by atoms with van der Waals surface area (Å²) in [5.41, 5.74) is 0. The van der Waals surface area contributed by atoms with Crippen molar-refractivity contribution in [2.75, 3.05) is 26.4 Å². The standard InChI is InChI=1S/C41H69O10P/c1-3-5-7-9-11-13-15-17-18-19-21-22-24-26-28-30-32-40(44)48-36-39(37-50-52(46,47)49-35-38(43)34-42)51-41(45)33-31-29-27-25-23-20-16-14-12-10-8-6-4-2/h6,8,12-15,18-20,23,27,29,38-39,42-43H,3-5,7,9-11,16-17,21-22,24-26,28,30-37H2,1-2H3,(H,46,47)/b8-6-,14-12-,15-13-,19-18-,23-20-,29-27-. The summed E-state index contributed by atoms with van der Waals surface area (Å²) in [6, 6.07) is 0. The van der Waals surface area contributed by atoms with Gasteiger partial charge in [-0.05, 0) is 70.6 Å². The van der Waals surface area contributed by atoms with Gasteiger partial charge in [-0.15, -0.1) is 0 Å². The summed E-state index contributed by atoms with van der Waals surface area (Å²) in [7, 11) is -4.64. The molecule has 0 fully saturated rings. The summed E-state index contributed by atoms with van der Waals surface area (Å²) in [4.78, 5) is 34.8. The second-order valence-corrected chi connectivity index (χ2v) is 14.0. The molecule has 298 valence electrons. The van der Waals surface area contributed by atoms with Crippen LogP contribution < -0.4 is 0 Å². The molecule has 3 atom stereocenters. The van der Waals surface area contributed by atoms with Crippen molar-refractivity contribution in [3.63, 3.8) is 0 Å². The van der Waals surface area contributed by atoms with Crippen LogP contribution in [0.5, 0.6) is 0 Å². The zero-order chi connectivity index (χ0) is 38.4. The molecule has 0 radical (unpaired) electrons. The Morgan fingerprint density at radius 3 is 1.67 bits per heavy atom. The molecule has 0 aromatic rings. The predicted octanol–water partition coefficient (Wildman–Crippen LogP) is 9.72. The van der Waals surface area contributed by atoms with Gasteiger partial charge in [0.1, 0.15) is 12.7 Å². The van der Waals surface area contributed by atoms with E-state index in [1.807, 2.05) is 18.2 Å². The highest BCUT2D eigenvalue weighted by molar-refractivity contribution is 7.47. The fourth-order valence-corrected chi connectivity index (χ4v) is 5.41. The lowest BCUT2D eigenvalue weighted by atomic mass is 10.1. The number of aliphatic hydroxyl groups is 2. The van der Waals surface area contributed by atoms with Gasteiger partial charge in [-0.2, -0.15) is 0 Å². The first-order valence-corrected chi connectivity index (χ1v) is 20.9. The lowest BCUT2D eigenvalue weighted by Gasteiger charge is -2.20. The minimum atomic E-state index is -4.64. The van der Waals surface area contributed by atoms with Crippen LogP contribution in [0.15, 0.2) is 72.9 Å². The zero-order valence-corrected chi connectivity index (χ0v) is 32.9. The largest absolute Gasteiger partial charge is 0.472 e. The van der Waals surface area contributed by atoms with E-state index in [9.17, 15) is 24.2 Å². The fraction of sp³-hybridized carbons (Fsp3) is 0.659. The van der Waals surface area contributed by atoms with Crippen LogP contribution in [0.1, 0.15) is 136 Å². The maximum atomic E-state index is 12.5. The Bertz CT molecular complexity index is 1100. The fourth-order valence-electron chi connectivity index (χ4n) is 4.62. The average molecular weight is 753 g/mol. The minimum Gasteiger partial charge on any atom is -0.462 e. The van der Waals surface area contributed by atoms with E-state index >= 15 is 0 Å². The molecular weight excluding hydrogens is 683 g/mol. The lowest BCUT2D eigenvalue weighted by Crippen LogP contribution is -2.29. The number of unbranched alkanes of at least 4 members (excludes halogenated alkanes) is 9. The van der Waals surface area contributed by atoms with Crippen LogP contribution in [-0.4, -0.2) is 65.7 Å². The number of phosphoric acid groups is 1. The van der Waals surface area contributed by atoms with Gasteiger partial charge in [0, 0.05) is 12.8 Å². The number of hydrogen-bond donors (Lipinski definition) is 3. The summed E-state index contributed by atoms with van der Waals surface area (Å²) in [6.45, 7) is 2.11. The molecule has 0 aliphatic heterocycles. The van der Waals surface area contributed by atoms with Crippen molar-refractivity contribution in [3.8, 4) is 0 Å². The Morgan fingerprint density at radius 1 is 0.596 bits per heavy atom. The van der Waals surface area contributed by atoms with E-state index in [-0.39, 0.29) is 19.4 Å². The van der Waals surface area contributed by atoms with Crippen LogP contribution in [0.25, 0.3) is 0 Å². The first-order chi connectivity index (χ1) is 25.2. The lowest BCUT2D eigenvalue weighted by molar-refractivity contribution is -0.161. The van der Waals surface area contributed by atoms with Crippen LogP contribution in [0, 0.1) is 0 Å². The van der Waals surface area contributed by atoms with E-state index in [0.717, 1.165) is 64.2 Å². The topological polar surface area (TPSA) is 149 Å². The number of ether oxygens (including phenoxy) is 2. The highest BCUT2D eigenvalue weighted by atomic mass is 31.2. The van der Waals surface area contributed by atoms with Crippen molar-refractivity contribution >= 4 is 19.8 Å². The maximum Gasteiger partial charge on any atom is 0.472 e. The van der Waals surface area contributed by atoms with E-state index in [1.54, 1.807) is 0 Å². The van der Waals surface area contributed by atoms with Gasteiger partial charge >= 0.3 is 19.8 Å². The summed E-state index contributed by atoms with van der Waals surface area (Å²) in [5.74, 6) is -1.04. The second kappa shape index (κ2) is 36.8. The molecular formula is C41H69O10P. The van der Waals surface area contributed by atoms with Crippen molar-refractivity contribution in [3.05, 3.63) is 72.9 Å². The first-order valence-electron chi connectivity index (χ1n) is 19.4. The molecule has 0 saturated heterocycles. The van der Waals surface area contributed by atoms with Gasteiger partial charge in [0.2, 0.25) is 0 Å². The Hall–Kier alpha value is -2.59. The predicted molar refractivity (Wildman–Crippen MR) is 210 cm³/mol. The molecule has 3 unspecified atom stereocenters.